The Balaban J connectivity index is 2.91. The lowest BCUT2D eigenvalue weighted by molar-refractivity contribution is -0.147. The Morgan fingerprint density at radius 3 is 2.60 bits per heavy atom. The molecule has 4 nitrogen and oxygen atoms in total. The van der Waals surface area contributed by atoms with Gasteiger partial charge in [0, 0.05) is 25.7 Å². The number of rotatable bonds is 3. The van der Waals surface area contributed by atoms with Gasteiger partial charge in [-0.05, 0) is 26.8 Å². The predicted octanol–water partition coefficient (Wildman–Crippen LogP) is 0.276. The predicted molar refractivity (Wildman–Crippen MR) is 61.6 cm³/mol. The van der Waals surface area contributed by atoms with Gasteiger partial charge in [-0.3, -0.25) is 9.69 Å². The van der Waals surface area contributed by atoms with Gasteiger partial charge in [0.1, 0.15) is 6.04 Å². The van der Waals surface area contributed by atoms with Gasteiger partial charge in [0.2, 0.25) is 5.91 Å². The highest BCUT2D eigenvalue weighted by Gasteiger charge is 2.42. The van der Waals surface area contributed by atoms with E-state index in [1.54, 1.807) is 4.90 Å². The van der Waals surface area contributed by atoms with Gasteiger partial charge in [0.05, 0.1) is 0 Å². The number of hydrogen-bond acceptors (Lipinski definition) is 3. The zero-order chi connectivity index (χ0) is 11.6. The molecule has 88 valence electrons. The van der Waals surface area contributed by atoms with Crippen molar-refractivity contribution in [2.75, 3.05) is 26.7 Å². The highest BCUT2D eigenvalue weighted by Crippen LogP contribution is 2.25. The van der Waals surface area contributed by atoms with Crippen LogP contribution in [0.15, 0.2) is 0 Å². The van der Waals surface area contributed by atoms with Crippen molar-refractivity contribution >= 4 is 5.91 Å². The summed E-state index contributed by atoms with van der Waals surface area (Å²) in [5.41, 5.74) is 5.74. The number of nitrogens with two attached hydrogens (primary N) is 1. The van der Waals surface area contributed by atoms with Crippen molar-refractivity contribution in [3.63, 3.8) is 0 Å². The van der Waals surface area contributed by atoms with Crippen molar-refractivity contribution in [1.82, 2.24) is 9.80 Å². The molecule has 0 saturated carbocycles. The van der Waals surface area contributed by atoms with Crippen LogP contribution >= 0.6 is 0 Å². The van der Waals surface area contributed by atoms with Crippen molar-refractivity contribution < 1.29 is 4.79 Å². The van der Waals surface area contributed by atoms with Crippen LogP contribution in [0.3, 0.4) is 0 Å². The van der Waals surface area contributed by atoms with E-state index < -0.39 is 0 Å². The average molecular weight is 213 g/mol. The van der Waals surface area contributed by atoms with E-state index in [9.17, 15) is 4.79 Å². The number of amides is 1. The average Bonchev–Trinajstić information content (AvgIpc) is 2.14. The van der Waals surface area contributed by atoms with E-state index in [1.807, 2.05) is 7.05 Å². The first kappa shape index (κ1) is 12.5. The van der Waals surface area contributed by atoms with Crippen LogP contribution < -0.4 is 5.73 Å². The Morgan fingerprint density at radius 1 is 1.53 bits per heavy atom. The Kier molecular flexibility index (Phi) is 3.73. The molecule has 1 unspecified atom stereocenters. The second kappa shape index (κ2) is 4.49. The first-order chi connectivity index (χ1) is 6.94. The molecule has 0 aromatic rings. The number of hydrogen-bond donors (Lipinski definition) is 1. The molecular weight excluding hydrogens is 190 g/mol. The second-order valence-electron chi connectivity index (χ2n) is 4.95. The van der Waals surface area contributed by atoms with Crippen LogP contribution in [0, 0.1) is 0 Å². The molecule has 0 radical (unpaired) electrons. The summed E-state index contributed by atoms with van der Waals surface area (Å²) in [7, 11) is 1.86. The van der Waals surface area contributed by atoms with E-state index in [2.05, 4.69) is 25.7 Å². The molecule has 1 atom stereocenters. The number of nitrogens with zero attached hydrogens (tertiary/aromatic N) is 2. The smallest absolute Gasteiger partial charge is 0.241 e. The summed E-state index contributed by atoms with van der Waals surface area (Å²) >= 11 is 0. The van der Waals surface area contributed by atoms with E-state index in [0.717, 1.165) is 19.5 Å². The highest BCUT2D eigenvalue weighted by atomic mass is 16.2. The minimum atomic E-state index is -0.140. The Bertz CT molecular complexity index is 240. The van der Waals surface area contributed by atoms with E-state index in [-0.39, 0.29) is 17.5 Å². The summed E-state index contributed by atoms with van der Waals surface area (Å²) in [6.07, 6.45) is 1.05. The fraction of sp³-hybridized carbons (Fsp3) is 0.909. The van der Waals surface area contributed by atoms with Gasteiger partial charge >= 0.3 is 0 Å². The maximum atomic E-state index is 11.9. The number of piperazine rings is 1. The normalized spacial score (nSPS) is 27.1. The van der Waals surface area contributed by atoms with Gasteiger partial charge in [-0.1, -0.05) is 6.92 Å². The van der Waals surface area contributed by atoms with E-state index in [1.165, 1.54) is 0 Å². The molecule has 0 spiro atoms. The van der Waals surface area contributed by atoms with Gasteiger partial charge in [0.15, 0.2) is 0 Å². The third-order valence-corrected chi connectivity index (χ3v) is 3.13. The fourth-order valence-electron chi connectivity index (χ4n) is 2.49. The van der Waals surface area contributed by atoms with Crippen molar-refractivity contribution in [3.8, 4) is 0 Å². The lowest BCUT2D eigenvalue weighted by Gasteiger charge is -2.50. The lowest BCUT2D eigenvalue weighted by atomic mass is 9.94. The van der Waals surface area contributed by atoms with Crippen LogP contribution in [0.5, 0.6) is 0 Å². The SMILES string of the molecule is CCCN1C(CN)C(=O)N(C)CC1(C)C. The highest BCUT2D eigenvalue weighted by molar-refractivity contribution is 5.83. The molecule has 4 heteroatoms. The van der Waals surface area contributed by atoms with E-state index in [4.69, 9.17) is 5.73 Å². The summed E-state index contributed by atoms with van der Waals surface area (Å²) in [6, 6.07) is -0.140. The molecule has 1 amide bonds. The van der Waals surface area contributed by atoms with Crippen LogP contribution in [-0.4, -0.2) is 54.0 Å². The molecule has 0 aromatic carbocycles. The quantitative estimate of drug-likeness (QED) is 0.732. The fourth-order valence-corrected chi connectivity index (χ4v) is 2.49. The van der Waals surface area contributed by atoms with Crippen molar-refractivity contribution in [3.05, 3.63) is 0 Å². The van der Waals surface area contributed by atoms with Crippen molar-refractivity contribution in [2.24, 2.45) is 5.73 Å². The largest absolute Gasteiger partial charge is 0.343 e. The van der Waals surface area contributed by atoms with Crippen LogP contribution in [0.1, 0.15) is 27.2 Å². The minimum absolute atomic E-state index is 0.0305. The zero-order valence-corrected chi connectivity index (χ0v) is 10.3. The summed E-state index contributed by atoms with van der Waals surface area (Å²) < 4.78 is 0. The number of likely N-dealkylation sites (N-methyl/N-ethyl adjacent to an activating group) is 1. The van der Waals surface area contributed by atoms with E-state index in [0.29, 0.717) is 6.54 Å². The van der Waals surface area contributed by atoms with Crippen LogP contribution in [0.2, 0.25) is 0 Å². The molecular formula is C11H23N3O. The van der Waals surface area contributed by atoms with E-state index >= 15 is 0 Å². The molecule has 0 aliphatic carbocycles. The van der Waals surface area contributed by atoms with Crippen LogP contribution in [-0.2, 0) is 4.79 Å². The maximum absolute atomic E-state index is 11.9. The second-order valence-corrected chi connectivity index (χ2v) is 4.95. The Hall–Kier alpha value is -0.610. The molecule has 15 heavy (non-hydrogen) atoms. The summed E-state index contributed by atoms with van der Waals surface area (Å²) in [5.74, 6) is 0.158. The van der Waals surface area contributed by atoms with Gasteiger partial charge in [-0.15, -0.1) is 0 Å². The molecule has 1 heterocycles. The Labute approximate surface area is 92.4 Å². The first-order valence-electron chi connectivity index (χ1n) is 5.66. The minimum Gasteiger partial charge on any atom is -0.343 e. The topological polar surface area (TPSA) is 49.6 Å². The third-order valence-electron chi connectivity index (χ3n) is 3.13. The molecule has 1 fully saturated rings. The van der Waals surface area contributed by atoms with Crippen molar-refractivity contribution in [2.45, 2.75) is 38.8 Å². The number of carbonyl (C=O) groups excluding carboxylic acids is 1. The molecule has 1 saturated heterocycles. The molecule has 1 aliphatic rings. The Morgan fingerprint density at radius 2 is 2.13 bits per heavy atom. The van der Waals surface area contributed by atoms with Gasteiger partial charge in [0.25, 0.3) is 0 Å². The monoisotopic (exact) mass is 213 g/mol. The summed E-state index contributed by atoms with van der Waals surface area (Å²) in [5, 5.41) is 0. The maximum Gasteiger partial charge on any atom is 0.241 e. The van der Waals surface area contributed by atoms with Crippen LogP contribution in [0.4, 0.5) is 0 Å². The molecule has 1 aliphatic heterocycles. The summed E-state index contributed by atoms with van der Waals surface area (Å²) in [6.45, 7) is 8.61. The molecule has 0 aromatic heterocycles. The standard InChI is InChI=1S/C11H23N3O/c1-5-6-14-9(7-12)10(15)13(4)8-11(14,2)3/h9H,5-8,12H2,1-4H3. The summed E-state index contributed by atoms with van der Waals surface area (Å²) in [4.78, 5) is 16.0. The molecule has 0 bridgehead atoms. The third kappa shape index (κ3) is 2.32. The first-order valence-corrected chi connectivity index (χ1v) is 5.66. The van der Waals surface area contributed by atoms with Gasteiger partial charge in [-0.25, -0.2) is 0 Å². The number of carbonyl (C=O) groups is 1. The van der Waals surface area contributed by atoms with Gasteiger partial charge in [-0.2, -0.15) is 0 Å². The van der Waals surface area contributed by atoms with Crippen molar-refractivity contribution in [1.29, 1.82) is 0 Å². The van der Waals surface area contributed by atoms with Gasteiger partial charge < -0.3 is 10.6 Å². The zero-order valence-electron chi connectivity index (χ0n) is 10.3. The molecule has 2 N–H and O–H groups in total. The van der Waals surface area contributed by atoms with Crippen LogP contribution in [0.25, 0.3) is 0 Å². The molecule has 1 rings (SSSR count). The lowest BCUT2D eigenvalue weighted by Crippen LogP contribution is -2.67.